The number of ether oxygens (including phenoxy) is 1. The smallest absolute Gasteiger partial charge is 0.270 e. The molecule has 37 heavy (non-hydrogen) atoms. The van der Waals surface area contributed by atoms with Gasteiger partial charge in [0.25, 0.3) is 11.6 Å². The number of nitro benzene ring substituents is 1. The number of halogens is 1. The van der Waals surface area contributed by atoms with E-state index < -0.39 is 16.2 Å². The largest absolute Gasteiger partial charge is 0.378 e. The Morgan fingerprint density at radius 1 is 0.946 bits per heavy atom. The molecular formula is C26H32ClN5O5. The second-order valence-corrected chi connectivity index (χ2v) is 10.6. The fourth-order valence-corrected chi connectivity index (χ4v) is 4.86. The average molecular weight is 530 g/mol. The predicted molar refractivity (Wildman–Crippen MR) is 144 cm³/mol. The van der Waals surface area contributed by atoms with Gasteiger partial charge >= 0.3 is 0 Å². The lowest BCUT2D eigenvalue weighted by atomic mass is 9.94. The highest BCUT2D eigenvalue weighted by Crippen LogP contribution is 2.32. The normalized spacial score (nSPS) is 16.5. The van der Waals surface area contributed by atoms with Crippen molar-refractivity contribution in [3.63, 3.8) is 0 Å². The van der Waals surface area contributed by atoms with Gasteiger partial charge in [0.15, 0.2) is 0 Å². The molecule has 2 amide bonds. The molecule has 0 spiro atoms. The summed E-state index contributed by atoms with van der Waals surface area (Å²) in [5.41, 5.74) is 1.58. The number of non-ortho nitro benzene ring substituents is 1. The second-order valence-electron chi connectivity index (χ2n) is 10.2. The Morgan fingerprint density at radius 2 is 1.57 bits per heavy atom. The highest BCUT2D eigenvalue weighted by Gasteiger charge is 2.30. The van der Waals surface area contributed by atoms with Gasteiger partial charge in [0, 0.05) is 62.5 Å². The summed E-state index contributed by atoms with van der Waals surface area (Å²) in [6.07, 6.45) is 0. The number of carbonyl (C=O) groups excluding carboxylic acids is 2. The van der Waals surface area contributed by atoms with Crippen molar-refractivity contribution in [2.75, 3.05) is 67.6 Å². The molecule has 4 rings (SSSR count). The van der Waals surface area contributed by atoms with Crippen molar-refractivity contribution in [3.05, 3.63) is 57.1 Å². The van der Waals surface area contributed by atoms with Crippen molar-refractivity contribution in [2.45, 2.75) is 20.8 Å². The lowest BCUT2D eigenvalue weighted by Crippen LogP contribution is -2.51. The summed E-state index contributed by atoms with van der Waals surface area (Å²) in [6.45, 7) is 10.5. The SMILES string of the molecule is CC(C)(C)C(=O)N1CCN(c2ccc(NC(=O)c3cc([N+](=O)[O-])ccc3N3CCOCC3)cc2Cl)CC1. The van der Waals surface area contributed by atoms with E-state index in [0.29, 0.717) is 68.9 Å². The van der Waals surface area contributed by atoms with Crippen LogP contribution in [0.4, 0.5) is 22.7 Å². The van der Waals surface area contributed by atoms with E-state index in [1.807, 2.05) is 36.6 Å². The first-order valence-corrected chi connectivity index (χ1v) is 12.7. The number of benzene rings is 2. The molecule has 2 fully saturated rings. The topological polar surface area (TPSA) is 108 Å². The molecule has 2 saturated heterocycles. The summed E-state index contributed by atoms with van der Waals surface area (Å²) < 4.78 is 5.40. The highest BCUT2D eigenvalue weighted by molar-refractivity contribution is 6.33. The first kappa shape index (κ1) is 26.7. The maximum atomic E-state index is 13.2. The number of nitrogens with one attached hydrogen (secondary N) is 1. The molecular weight excluding hydrogens is 498 g/mol. The van der Waals surface area contributed by atoms with E-state index in [9.17, 15) is 19.7 Å². The van der Waals surface area contributed by atoms with Crippen LogP contribution in [0.2, 0.25) is 5.02 Å². The van der Waals surface area contributed by atoms with Crippen LogP contribution in [0.1, 0.15) is 31.1 Å². The lowest BCUT2D eigenvalue weighted by Gasteiger charge is -2.39. The third-order valence-corrected chi connectivity index (χ3v) is 6.84. The number of amides is 2. The van der Waals surface area contributed by atoms with E-state index in [1.54, 1.807) is 18.2 Å². The summed E-state index contributed by atoms with van der Waals surface area (Å²) in [6, 6.07) is 9.59. The third kappa shape index (κ3) is 6.14. The molecule has 10 nitrogen and oxygen atoms in total. The van der Waals surface area contributed by atoms with Crippen LogP contribution in [0.25, 0.3) is 0 Å². The molecule has 2 aliphatic heterocycles. The molecule has 2 aromatic carbocycles. The monoisotopic (exact) mass is 529 g/mol. The second kappa shape index (κ2) is 10.9. The zero-order valence-electron chi connectivity index (χ0n) is 21.3. The number of hydrogen-bond acceptors (Lipinski definition) is 7. The van der Waals surface area contributed by atoms with Crippen LogP contribution in [0.3, 0.4) is 0 Å². The molecule has 0 unspecified atom stereocenters. The number of rotatable bonds is 5. The molecule has 0 radical (unpaired) electrons. The van der Waals surface area contributed by atoms with Gasteiger partial charge in [0.05, 0.1) is 40.1 Å². The molecule has 2 aromatic rings. The Balaban J connectivity index is 1.48. The number of hydrogen-bond donors (Lipinski definition) is 1. The Morgan fingerprint density at radius 3 is 2.16 bits per heavy atom. The molecule has 2 aliphatic rings. The molecule has 0 atom stereocenters. The number of carbonyl (C=O) groups is 2. The van der Waals surface area contributed by atoms with Gasteiger partial charge in [0.2, 0.25) is 5.91 Å². The Bertz CT molecular complexity index is 1180. The molecule has 0 aromatic heterocycles. The fourth-order valence-electron chi connectivity index (χ4n) is 4.56. The van der Waals surface area contributed by atoms with E-state index in [2.05, 4.69) is 10.2 Å². The van der Waals surface area contributed by atoms with Crippen LogP contribution in [-0.2, 0) is 9.53 Å². The van der Waals surface area contributed by atoms with Gasteiger partial charge in [-0.3, -0.25) is 19.7 Å². The van der Waals surface area contributed by atoms with Gasteiger partial charge in [-0.15, -0.1) is 0 Å². The molecule has 11 heteroatoms. The zero-order chi connectivity index (χ0) is 26.7. The third-order valence-electron chi connectivity index (χ3n) is 6.54. The maximum absolute atomic E-state index is 13.2. The average Bonchev–Trinajstić information content (AvgIpc) is 2.88. The van der Waals surface area contributed by atoms with Gasteiger partial charge in [-0.2, -0.15) is 0 Å². The molecule has 0 aliphatic carbocycles. The van der Waals surface area contributed by atoms with Crippen molar-refractivity contribution in [2.24, 2.45) is 5.41 Å². The summed E-state index contributed by atoms with van der Waals surface area (Å²) in [5.74, 6) is -0.322. The lowest BCUT2D eigenvalue weighted by molar-refractivity contribution is -0.384. The van der Waals surface area contributed by atoms with Gasteiger partial charge < -0.3 is 24.8 Å². The van der Waals surface area contributed by atoms with Crippen LogP contribution in [0.5, 0.6) is 0 Å². The molecule has 0 bridgehead atoms. The van der Waals surface area contributed by atoms with Crippen LogP contribution in [0, 0.1) is 15.5 Å². The van der Waals surface area contributed by atoms with Crippen molar-refractivity contribution in [3.8, 4) is 0 Å². The number of nitro groups is 1. The van der Waals surface area contributed by atoms with E-state index in [1.165, 1.54) is 12.1 Å². The van der Waals surface area contributed by atoms with Gasteiger partial charge in [-0.1, -0.05) is 32.4 Å². The highest BCUT2D eigenvalue weighted by atomic mass is 35.5. The minimum Gasteiger partial charge on any atom is -0.378 e. The number of nitrogens with zero attached hydrogens (tertiary/aromatic N) is 4. The van der Waals surface area contributed by atoms with E-state index in [-0.39, 0.29) is 17.2 Å². The van der Waals surface area contributed by atoms with E-state index in [4.69, 9.17) is 16.3 Å². The molecule has 2 heterocycles. The Hall–Kier alpha value is -3.37. The van der Waals surface area contributed by atoms with Crippen molar-refractivity contribution in [1.82, 2.24) is 4.90 Å². The van der Waals surface area contributed by atoms with Crippen LogP contribution in [0.15, 0.2) is 36.4 Å². The van der Waals surface area contributed by atoms with Gasteiger partial charge in [-0.05, 0) is 24.3 Å². The summed E-state index contributed by atoms with van der Waals surface area (Å²) in [4.78, 5) is 42.7. The quantitative estimate of drug-likeness (QED) is 0.460. The minimum atomic E-state index is -0.514. The minimum absolute atomic E-state index is 0.133. The van der Waals surface area contributed by atoms with Crippen LogP contribution in [-0.4, -0.2) is 74.1 Å². The number of morpholine rings is 1. The van der Waals surface area contributed by atoms with Crippen LogP contribution < -0.4 is 15.1 Å². The fraction of sp³-hybridized carbons (Fsp3) is 0.462. The van der Waals surface area contributed by atoms with Crippen molar-refractivity contribution >= 4 is 46.2 Å². The number of piperazine rings is 1. The standard InChI is InChI=1S/C26H32ClN5O5/c1-26(2,3)25(34)31-10-8-29(9-11-31)23-6-4-18(16-21(23)27)28-24(33)20-17-19(32(35)36)5-7-22(20)30-12-14-37-15-13-30/h4-7,16-17H,8-15H2,1-3H3,(H,28,33). The van der Waals surface area contributed by atoms with Crippen molar-refractivity contribution < 1.29 is 19.2 Å². The maximum Gasteiger partial charge on any atom is 0.270 e. The van der Waals surface area contributed by atoms with E-state index >= 15 is 0 Å². The Kier molecular flexibility index (Phi) is 7.89. The molecule has 0 saturated carbocycles. The summed E-state index contributed by atoms with van der Waals surface area (Å²) in [7, 11) is 0. The van der Waals surface area contributed by atoms with Crippen LogP contribution >= 0.6 is 11.6 Å². The molecule has 198 valence electrons. The molecule has 1 N–H and O–H groups in total. The van der Waals surface area contributed by atoms with Crippen molar-refractivity contribution in [1.29, 1.82) is 0 Å². The van der Waals surface area contributed by atoms with Gasteiger partial charge in [-0.25, -0.2) is 0 Å². The van der Waals surface area contributed by atoms with Gasteiger partial charge in [0.1, 0.15) is 0 Å². The first-order valence-electron chi connectivity index (χ1n) is 12.3. The predicted octanol–water partition coefficient (Wildman–Crippen LogP) is 4.03. The Labute approximate surface area is 221 Å². The zero-order valence-corrected chi connectivity index (χ0v) is 22.1. The number of anilines is 3. The summed E-state index contributed by atoms with van der Waals surface area (Å²) >= 11 is 6.60. The summed E-state index contributed by atoms with van der Waals surface area (Å²) in [5, 5.41) is 14.7. The van der Waals surface area contributed by atoms with E-state index in [0.717, 1.165) is 5.69 Å². The first-order chi connectivity index (χ1) is 17.5.